The van der Waals surface area contributed by atoms with Gasteiger partial charge in [0.1, 0.15) is 11.3 Å². The molecular weight excluding hydrogens is 296 g/mol. The number of hydrogen-bond donors (Lipinski definition) is 2. The van der Waals surface area contributed by atoms with Crippen LogP contribution in [-0.4, -0.2) is 40.4 Å². The number of para-hydroxylation sites is 1. The molecule has 1 amide bonds. The molecule has 0 aliphatic heterocycles. The maximum atomic E-state index is 12.0. The van der Waals surface area contributed by atoms with Gasteiger partial charge in [-0.1, -0.05) is 36.4 Å². The van der Waals surface area contributed by atoms with Gasteiger partial charge < -0.3 is 10.2 Å². The summed E-state index contributed by atoms with van der Waals surface area (Å²) in [5, 5.41) is 23.9. The first-order valence-electron chi connectivity index (χ1n) is 6.88. The molecule has 2 aromatic rings. The van der Waals surface area contributed by atoms with E-state index in [4.69, 9.17) is 5.11 Å². The molecule has 23 heavy (non-hydrogen) atoms. The summed E-state index contributed by atoms with van der Waals surface area (Å²) in [4.78, 5) is 23.0. The number of carbonyl (C=O) groups excluding carboxylic acids is 1. The van der Waals surface area contributed by atoms with Crippen molar-refractivity contribution in [1.29, 1.82) is 0 Å². The molecule has 0 unspecified atom stereocenters. The van der Waals surface area contributed by atoms with Gasteiger partial charge in [-0.25, -0.2) is 9.80 Å². The minimum absolute atomic E-state index is 0.204. The summed E-state index contributed by atoms with van der Waals surface area (Å²) in [6.45, 7) is 0. The number of rotatable bonds is 5. The van der Waals surface area contributed by atoms with E-state index in [1.807, 2.05) is 30.3 Å². The Morgan fingerprint density at radius 3 is 2.48 bits per heavy atom. The monoisotopic (exact) mass is 312 g/mol. The molecule has 0 fully saturated rings. The van der Waals surface area contributed by atoms with Crippen molar-refractivity contribution in [3.63, 3.8) is 0 Å². The average Bonchev–Trinajstić information content (AvgIpc) is 2.54. The van der Waals surface area contributed by atoms with Gasteiger partial charge in [-0.15, -0.1) is 0 Å². The minimum atomic E-state index is -1.23. The van der Waals surface area contributed by atoms with Gasteiger partial charge in [-0.3, -0.25) is 4.79 Å². The van der Waals surface area contributed by atoms with Crippen LogP contribution in [0.4, 0.5) is 0 Å². The van der Waals surface area contributed by atoms with Crippen molar-refractivity contribution in [2.75, 3.05) is 7.05 Å². The van der Waals surface area contributed by atoms with Crippen molar-refractivity contribution >= 4 is 18.1 Å². The fraction of sp³-hybridized carbons (Fsp3) is 0.118. The van der Waals surface area contributed by atoms with E-state index in [2.05, 4.69) is 5.10 Å². The van der Waals surface area contributed by atoms with Crippen molar-refractivity contribution < 1.29 is 19.8 Å². The largest absolute Gasteiger partial charge is 0.506 e. The molecule has 0 aliphatic rings. The van der Waals surface area contributed by atoms with Gasteiger partial charge in [0.25, 0.3) is 0 Å². The van der Waals surface area contributed by atoms with Crippen molar-refractivity contribution in [2.45, 2.75) is 6.42 Å². The highest BCUT2D eigenvalue weighted by atomic mass is 16.4. The molecule has 0 aromatic heterocycles. The first kappa shape index (κ1) is 16.2. The Morgan fingerprint density at radius 2 is 1.83 bits per heavy atom. The van der Waals surface area contributed by atoms with Gasteiger partial charge in [0.15, 0.2) is 0 Å². The number of hydrazone groups is 1. The normalized spacial score (nSPS) is 10.7. The predicted octanol–water partition coefficient (Wildman–Crippen LogP) is 2.13. The Bertz CT molecular complexity index is 742. The van der Waals surface area contributed by atoms with Crippen molar-refractivity contribution in [1.82, 2.24) is 5.01 Å². The van der Waals surface area contributed by atoms with Crippen LogP contribution in [0.3, 0.4) is 0 Å². The number of carboxylic acids is 1. The standard InChI is InChI=1S/C17H16N2O4/c1-19(15(20)10-12-6-3-2-4-7-12)18-11-13-8-5-9-14(16(13)21)17(22)23/h2-9,11,21H,10H2,1H3,(H,22,23)/b18-11+. The van der Waals surface area contributed by atoms with Crippen LogP contribution in [-0.2, 0) is 11.2 Å². The van der Waals surface area contributed by atoms with Crippen LogP contribution in [0.25, 0.3) is 0 Å². The van der Waals surface area contributed by atoms with Gasteiger partial charge in [-0.2, -0.15) is 5.10 Å². The Balaban J connectivity index is 2.09. The van der Waals surface area contributed by atoms with E-state index < -0.39 is 5.97 Å². The van der Waals surface area contributed by atoms with Crippen molar-refractivity contribution in [2.24, 2.45) is 5.10 Å². The number of carboxylic acid groups (broad SMARTS) is 1. The molecule has 6 heteroatoms. The number of carbonyl (C=O) groups is 2. The fourth-order valence-electron chi connectivity index (χ4n) is 1.94. The van der Waals surface area contributed by atoms with E-state index in [0.29, 0.717) is 0 Å². The van der Waals surface area contributed by atoms with Gasteiger partial charge in [0, 0.05) is 12.6 Å². The third-order valence-electron chi connectivity index (χ3n) is 3.23. The summed E-state index contributed by atoms with van der Waals surface area (Å²) in [6.07, 6.45) is 1.46. The Kier molecular flexibility index (Phi) is 5.09. The zero-order chi connectivity index (χ0) is 16.8. The first-order chi connectivity index (χ1) is 11.0. The molecule has 0 heterocycles. The zero-order valence-corrected chi connectivity index (χ0v) is 12.5. The van der Waals surface area contributed by atoms with Gasteiger partial charge in [-0.05, 0) is 17.7 Å². The van der Waals surface area contributed by atoms with E-state index in [1.54, 1.807) is 0 Å². The molecule has 6 nitrogen and oxygen atoms in total. The van der Waals surface area contributed by atoms with E-state index in [1.165, 1.54) is 31.5 Å². The number of aromatic hydroxyl groups is 1. The molecule has 2 aromatic carbocycles. The van der Waals surface area contributed by atoms with Crippen LogP contribution in [0.15, 0.2) is 53.6 Å². The zero-order valence-electron chi connectivity index (χ0n) is 12.5. The van der Waals surface area contributed by atoms with Crippen molar-refractivity contribution in [3.05, 3.63) is 65.2 Å². The first-order valence-corrected chi connectivity index (χ1v) is 6.88. The predicted molar refractivity (Wildman–Crippen MR) is 85.6 cm³/mol. The van der Waals surface area contributed by atoms with E-state index >= 15 is 0 Å². The lowest BCUT2D eigenvalue weighted by atomic mass is 10.1. The Hall–Kier alpha value is -3.15. The second kappa shape index (κ2) is 7.22. The SMILES string of the molecule is CN(/N=C/c1cccc(C(=O)O)c1O)C(=O)Cc1ccccc1. The topological polar surface area (TPSA) is 90.2 Å². The molecule has 0 aliphatic carbocycles. The van der Waals surface area contributed by atoms with E-state index in [-0.39, 0.29) is 29.2 Å². The lowest BCUT2D eigenvalue weighted by molar-refractivity contribution is -0.129. The molecule has 0 spiro atoms. The Morgan fingerprint density at radius 1 is 1.13 bits per heavy atom. The highest BCUT2D eigenvalue weighted by Crippen LogP contribution is 2.20. The summed E-state index contributed by atoms with van der Waals surface area (Å²) in [5.41, 5.74) is 0.881. The Labute approximate surface area is 133 Å². The molecule has 2 N–H and O–H groups in total. The molecular formula is C17H16N2O4. The summed E-state index contributed by atoms with van der Waals surface area (Å²) in [6, 6.07) is 13.6. The van der Waals surface area contributed by atoms with Crippen molar-refractivity contribution in [3.8, 4) is 5.75 Å². The highest BCUT2D eigenvalue weighted by Gasteiger charge is 2.12. The van der Waals surface area contributed by atoms with Crippen LogP contribution in [0.2, 0.25) is 0 Å². The number of nitrogens with zero attached hydrogens (tertiary/aromatic N) is 2. The summed E-state index contributed by atoms with van der Waals surface area (Å²) >= 11 is 0. The number of likely N-dealkylation sites (N-methyl/N-ethyl adjacent to an activating group) is 1. The summed E-state index contributed by atoms with van der Waals surface area (Å²) in [5.74, 6) is -1.83. The molecule has 0 bridgehead atoms. The average molecular weight is 312 g/mol. The number of phenols is 1. The van der Waals surface area contributed by atoms with Crippen LogP contribution < -0.4 is 0 Å². The lowest BCUT2D eigenvalue weighted by Crippen LogP contribution is -2.23. The van der Waals surface area contributed by atoms with Gasteiger partial charge in [0.2, 0.25) is 5.91 Å². The van der Waals surface area contributed by atoms with E-state index in [9.17, 15) is 14.7 Å². The van der Waals surface area contributed by atoms with Gasteiger partial charge in [0.05, 0.1) is 12.6 Å². The molecule has 0 radical (unpaired) electrons. The summed E-state index contributed by atoms with van der Waals surface area (Å²) < 4.78 is 0. The third kappa shape index (κ3) is 4.16. The number of amides is 1. The molecule has 0 saturated carbocycles. The molecule has 118 valence electrons. The van der Waals surface area contributed by atoms with Crippen LogP contribution in [0.1, 0.15) is 21.5 Å². The second-order valence-corrected chi connectivity index (χ2v) is 4.87. The number of hydrogen-bond acceptors (Lipinski definition) is 4. The lowest BCUT2D eigenvalue weighted by Gasteiger charge is -2.11. The number of benzene rings is 2. The van der Waals surface area contributed by atoms with Crippen LogP contribution >= 0.6 is 0 Å². The maximum Gasteiger partial charge on any atom is 0.339 e. The van der Waals surface area contributed by atoms with Gasteiger partial charge >= 0.3 is 5.97 Å². The minimum Gasteiger partial charge on any atom is -0.506 e. The van der Waals surface area contributed by atoms with Crippen LogP contribution in [0, 0.1) is 0 Å². The quantitative estimate of drug-likeness (QED) is 0.653. The molecule has 0 saturated heterocycles. The molecule has 0 atom stereocenters. The van der Waals surface area contributed by atoms with Crippen LogP contribution in [0.5, 0.6) is 5.75 Å². The maximum absolute atomic E-state index is 12.0. The smallest absolute Gasteiger partial charge is 0.339 e. The number of aromatic carboxylic acids is 1. The second-order valence-electron chi connectivity index (χ2n) is 4.87. The highest BCUT2D eigenvalue weighted by molar-refractivity contribution is 5.96. The van der Waals surface area contributed by atoms with E-state index in [0.717, 1.165) is 10.6 Å². The summed E-state index contributed by atoms with van der Waals surface area (Å²) in [7, 11) is 1.50. The molecule has 2 rings (SSSR count). The third-order valence-corrected chi connectivity index (χ3v) is 3.23. The fourth-order valence-corrected chi connectivity index (χ4v) is 1.94.